The zero-order valence-electron chi connectivity index (χ0n) is 19.7. The molecule has 1 saturated heterocycles. The molecule has 0 aliphatic carbocycles. The van der Waals surface area contributed by atoms with Crippen molar-refractivity contribution in [1.82, 2.24) is 19.8 Å². The predicted octanol–water partition coefficient (Wildman–Crippen LogP) is 3.62. The Morgan fingerprint density at radius 1 is 1.19 bits per heavy atom. The first-order chi connectivity index (χ1) is 15.1. The summed E-state index contributed by atoms with van der Waals surface area (Å²) in [4.78, 5) is 11.5. The lowest BCUT2D eigenvalue weighted by Crippen LogP contribution is -2.49. The normalized spacial score (nSPS) is 18.7. The minimum atomic E-state index is 0. The van der Waals surface area contributed by atoms with E-state index in [1.54, 1.807) is 21.3 Å². The second-order valence-electron chi connectivity index (χ2n) is 7.79. The van der Waals surface area contributed by atoms with Crippen LogP contribution >= 0.6 is 24.0 Å². The molecule has 1 aliphatic rings. The number of guanidine groups is 1. The van der Waals surface area contributed by atoms with Crippen molar-refractivity contribution in [2.24, 2.45) is 10.9 Å². The predicted molar refractivity (Wildman–Crippen MR) is 138 cm³/mol. The van der Waals surface area contributed by atoms with Crippen LogP contribution < -0.4 is 19.5 Å². The quantitative estimate of drug-likeness (QED) is 0.304. The largest absolute Gasteiger partial charge is 0.496 e. The van der Waals surface area contributed by atoms with Crippen LogP contribution in [0.15, 0.2) is 35.8 Å². The molecule has 1 fully saturated rings. The molecule has 0 saturated carbocycles. The second-order valence-corrected chi connectivity index (χ2v) is 7.79. The fraction of sp³-hybridized carbons (Fsp3) is 0.565. The van der Waals surface area contributed by atoms with E-state index in [2.05, 4.69) is 39.8 Å². The van der Waals surface area contributed by atoms with E-state index in [4.69, 9.17) is 19.2 Å². The number of nitrogens with zero attached hydrogens (tertiary/aromatic N) is 4. The molecule has 9 heteroatoms. The zero-order valence-corrected chi connectivity index (χ0v) is 22.0. The lowest BCUT2D eigenvalue weighted by atomic mass is 9.93. The molecular weight excluding hydrogens is 521 g/mol. The van der Waals surface area contributed by atoms with Crippen LogP contribution in [0.1, 0.15) is 31.9 Å². The van der Waals surface area contributed by atoms with Gasteiger partial charge in [-0.15, -0.1) is 24.0 Å². The van der Waals surface area contributed by atoms with Crippen molar-refractivity contribution >= 4 is 29.9 Å². The summed E-state index contributed by atoms with van der Waals surface area (Å²) >= 11 is 0. The molecule has 8 nitrogen and oxygen atoms in total. The van der Waals surface area contributed by atoms with Gasteiger partial charge in [0, 0.05) is 56.3 Å². The summed E-state index contributed by atoms with van der Waals surface area (Å²) in [6.07, 6.45) is 7.64. The van der Waals surface area contributed by atoms with E-state index in [-0.39, 0.29) is 24.0 Å². The van der Waals surface area contributed by atoms with E-state index in [1.165, 1.54) is 0 Å². The third kappa shape index (κ3) is 6.20. The van der Waals surface area contributed by atoms with Gasteiger partial charge in [0.25, 0.3) is 0 Å². The van der Waals surface area contributed by atoms with Gasteiger partial charge in [-0.3, -0.25) is 4.99 Å². The summed E-state index contributed by atoms with van der Waals surface area (Å²) in [5, 5.41) is 3.46. The molecule has 32 heavy (non-hydrogen) atoms. The first-order valence-electron chi connectivity index (χ1n) is 10.9. The van der Waals surface area contributed by atoms with Gasteiger partial charge in [-0.05, 0) is 25.7 Å². The number of aromatic nitrogens is 2. The number of benzene rings is 1. The van der Waals surface area contributed by atoms with Crippen molar-refractivity contribution in [2.75, 3.05) is 47.5 Å². The fourth-order valence-electron chi connectivity index (χ4n) is 4.12. The Morgan fingerprint density at radius 3 is 2.47 bits per heavy atom. The molecule has 1 aliphatic heterocycles. The molecule has 1 N–H and O–H groups in total. The highest BCUT2D eigenvalue weighted by Gasteiger charge is 2.28. The van der Waals surface area contributed by atoms with E-state index in [0.29, 0.717) is 30.7 Å². The van der Waals surface area contributed by atoms with Gasteiger partial charge in [-0.1, -0.05) is 6.92 Å². The maximum Gasteiger partial charge on any atom is 0.193 e. The Bertz CT molecular complexity index is 834. The van der Waals surface area contributed by atoms with Gasteiger partial charge >= 0.3 is 0 Å². The number of nitrogens with one attached hydrogen (secondary N) is 1. The van der Waals surface area contributed by atoms with Crippen LogP contribution in [0.4, 0.5) is 0 Å². The van der Waals surface area contributed by atoms with Crippen LogP contribution in [0.3, 0.4) is 0 Å². The number of likely N-dealkylation sites (tertiary alicyclic amines) is 1. The Kier molecular flexibility index (Phi) is 10.4. The van der Waals surface area contributed by atoms with Crippen molar-refractivity contribution in [3.63, 3.8) is 0 Å². The molecule has 0 radical (unpaired) electrons. The Hall–Kier alpha value is -2.17. The molecule has 2 atom stereocenters. The highest BCUT2D eigenvalue weighted by molar-refractivity contribution is 14.0. The third-order valence-corrected chi connectivity index (χ3v) is 5.90. The van der Waals surface area contributed by atoms with Gasteiger partial charge in [0.15, 0.2) is 5.96 Å². The monoisotopic (exact) mass is 557 g/mol. The molecule has 1 aromatic carbocycles. The highest BCUT2D eigenvalue weighted by atomic mass is 127. The van der Waals surface area contributed by atoms with E-state index in [0.717, 1.165) is 49.1 Å². The summed E-state index contributed by atoms with van der Waals surface area (Å²) in [6, 6.07) is 4.16. The highest BCUT2D eigenvalue weighted by Crippen LogP contribution is 2.34. The molecule has 3 rings (SSSR count). The maximum absolute atomic E-state index is 5.58. The Labute approximate surface area is 208 Å². The summed E-state index contributed by atoms with van der Waals surface area (Å²) in [5.41, 5.74) is 0.994. The molecular formula is C23H36IN5O3. The molecule has 1 aromatic heterocycles. The number of imidazole rings is 1. The van der Waals surface area contributed by atoms with Gasteiger partial charge in [-0.25, -0.2) is 4.98 Å². The number of aliphatic imine (C=N–C) groups is 1. The number of rotatable bonds is 8. The van der Waals surface area contributed by atoms with Crippen LogP contribution in [0.25, 0.3) is 0 Å². The molecule has 0 spiro atoms. The summed E-state index contributed by atoms with van der Waals surface area (Å²) in [7, 11) is 4.96. The lowest BCUT2D eigenvalue weighted by Gasteiger charge is -2.39. The van der Waals surface area contributed by atoms with Crippen LogP contribution in [0.2, 0.25) is 0 Å². The van der Waals surface area contributed by atoms with Crippen LogP contribution in [0, 0.1) is 5.92 Å². The van der Waals surface area contributed by atoms with Crippen LogP contribution in [-0.4, -0.2) is 67.9 Å². The number of ether oxygens (including phenoxy) is 3. The minimum absolute atomic E-state index is 0. The Morgan fingerprint density at radius 2 is 1.91 bits per heavy atom. The van der Waals surface area contributed by atoms with Crippen molar-refractivity contribution in [3.05, 3.63) is 36.4 Å². The van der Waals surface area contributed by atoms with Gasteiger partial charge < -0.3 is 29.0 Å². The molecule has 178 valence electrons. The van der Waals surface area contributed by atoms with Crippen molar-refractivity contribution in [2.45, 2.75) is 32.7 Å². The number of hydrogen-bond acceptors (Lipinski definition) is 5. The number of halogens is 1. The van der Waals surface area contributed by atoms with Crippen molar-refractivity contribution in [3.8, 4) is 17.2 Å². The number of piperidine rings is 1. The van der Waals surface area contributed by atoms with Crippen molar-refractivity contribution in [1.29, 1.82) is 0 Å². The smallest absolute Gasteiger partial charge is 0.193 e. The van der Waals surface area contributed by atoms with Gasteiger partial charge in [0.05, 0.1) is 33.7 Å². The van der Waals surface area contributed by atoms with Crippen LogP contribution in [-0.2, 0) is 6.42 Å². The fourth-order valence-corrected chi connectivity index (χ4v) is 4.12. The number of methoxy groups -OCH3 is 3. The van der Waals surface area contributed by atoms with E-state index in [1.807, 2.05) is 24.7 Å². The van der Waals surface area contributed by atoms with Gasteiger partial charge in [-0.2, -0.15) is 0 Å². The molecule has 2 aromatic rings. The summed E-state index contributed by atoms with van der Waals surface area (Å²) < 4.78 is 18.7. The SMILES string of the molecule is CCNC(=NCCc1c(OC)cc(OC)cc1OC)N1CCC(C)C(n2ccnc2)C1.I. The second kappa shape index (κ2) is 12.8. The topological polar surface area (TPSA) is 73.1 Å². The third-order valence-electron chi connectivity index (χ3n) is 5.90. The average molecular weight is 557 g/mol. The maximum atomic E-state index is 5.58. The first-order valence-corrected chi connectivity index (χ1v) is 10.9. The molecule has 0 amide bonds. The van der Waals surface area contributed by atoms with E-state index < -0.39 is 0 Å². The molecule has 2 heterocycles. The van der Waals surface area contributed by atoms with E-state index in [9.17, 15) is 0 Å². The standard InChI is InChI=1S/C23H35N5O3.HI/c1-6-25-23(27-11-8-17(2)20(15-27)28-12-10-24-16-28)26-9-7-19-21(30-4)13-18(29-3)14-22(19)31-5;/h10,12-14,16-17,20H,6-9,11,15H2,1-5H3,(H,25,26);1H. The zero-order chi connectivity index (χ0) is 22.2. The summed E-state index contributed by atoms with van der Waals surface area (Å²) in [5.74, 6) is 3.76. The van der Waals surface area contributed by atoms with Gasteiger partial charge in [0.1, 0.15) is 17.2 Å². The first kappa shape index (κ1) is 26.1. The lowest BCUT2D eigenvalue weighted by molar-refractivity contribution is 0.189. The van der Waals surface area contributed by atoms with Crippen LogP contribution in [0.5, 0.6) is 17.2 Å². The molecule has 2 unspecified atom stereocenters. The van der Waals surface area contributed by atoms with Gasteiger partial charge in [0.2, 0.25) is 0 Å². The van der Waals surface area contributed by atoms with E-state index >= 15 is 0 Å². The van der Waals surface area contributed by atoms with Crippen molar-refractivity contribution < 1.29 is 14.2 Å². The molecule has 0 bridgehead atoms. The number of hydrogen-bond donors (Lipinski definition) is 1. The average Bonchev–Trinajstić information content (AvgIpc) is 3.33. The Balaban J connectivity index is 0.00000363. The minimum Gasteiger partial charge on any atom is -0.496 e. The summed E-state index contributed by atoms with van der Waals surface area (Å²) in [6.45, 7) is 7.78.